The maximum atomic E-state index is 13.7. The molecule has 0 spiro atoms. The minimum Gasteiger partial charge on any atom is -0.409 e. The first kappa shape index (κ1) is 24.2. The molecule has 0 fully saturated rings. The summed E-state index contributed by atoms with van der Waals surface area (Å²) in [4.78, 5) is 25.9. The third-order valence-corrected chi connectivity index (χ3v) is 5.27. The predicted molar refractivity (Wildman–Crippen MR) is 94.1 cm³/mol. The van der Waals surface area contributed by atoms with Gasteiger partial charge in [-0.1, -0.05) is 31.6 Å². The van der Waals surface area contributed by atoms with Gasteiger partial charge < -0.3 is 14.3 Å². The molecule has 0 aromatic carbocycles. The van der Waals surface area contributed by atoms with E-state index in [1.807, 2.05) is 13.8 Å². The molecule has 0 aromatic heterocycles. The fourth-order valence-electron chi connectivity index (χ4n) is 1.93. The Balaban J connectivity index is 4.27. The normalized spacial score (nSPS) is 16.0. The summed E-state index contributed by atoms with van der Waals surface area (Å²) in [5.41, 5.74) is 1.34. The fourth-order valence-corrected chi connectivity index (χ4v) is 3.39. The molecule has 3 N–H and O–H groups in total. The molecule has 0 aliphatic heterocycles. The highest BCUT2D eigenvalue weighted by Gasteiger charge is 2.32. The molecule has 0 aliphatic carbocycles. The molecule has 1 unspecified atom stereocenters. The summed E-state index contributed by atoms with van der Waals surface area (Å²) in [6.45, 7) is 9.71. The number of allylic oxidation sites excluding steroid dienone is 4. The zero-order chi connectivity index (χ0) is 19.7. The van der Waals surface area contributed by atoms with E-state index in [4.69, 9.17) is 14.7 Å². The van der Waals surface area contributed by atoms with Crippen molar-refractivity contribution < 1.29 is 37.0 Å². The molecule has 2 atom stereocenters. The van der Waals surface area contributed by atoms with Crippen LogP contribution in [0.1, 0.15) is 52.9 Å². The Labute approximate surface area is 148 Å². The van der Waals surface area contributed by atoms with Gasteiger partial charge in [0.2, 0.25) is 0 Å². The van der Waals surface area contributed by atoms with Gasteiger partial charge in [0.05, 0.1) is 0 Å². The molecule has 146 valence electrons. The van der Waals surface area contributed by atoms with E-state index in [1.54, 1.807) is 0 Å². The highest BCUT2D eigenvalue weighted by atomic mass is 31.3. The van der Waals surface area contributed by atoms with Gasteiger partial charge in [0.15, 0.2) is 5.83 Å². The Morgan fingerprint density at radius 2 is 1.84 bits per heavy atom. The van der Waals surface area contributed by atoms with Gasteiger partial charge in [-0.15, -0.1) is 0 Å². The third kappa shape index (κ3) is 14.1. The average Bonchev–Trinajstić information content (AvgIpc) is 2.41. The number of halogens is 1. The van der Waals surface area contributed by atoms with Gasteiger partial charge in [-0.05, 0) is 51.0 Å². The van der Waals surface area contributed by atoms with Crippen molar-refractivity contribution in [1.82, 2.24) is 0 Å². The van der Waals surface area contributed by atoms with Crippen LogP contribution in [0.15, 0.2) is 35.9 Å². The van der Waals surface area contributed by atoms with Crippen LogP contribution in [0.5, 0.6) is 0 Å². The Kier molecular flexibility index (Phi) is 10.7. The maximum Gasteiger partial charge on any atom is 0.535 e. The molecule has 0 aliphatic rings. The Morgan fingerprint density at radius 3 is 2.36 bits per heavy atom. The van der Waals surface area contributed by atoms with Crippen molar-refractivity contribution in [1.29, 1.82) is 0 Å². The van der Waals surface area contributed by atoms with E-state index >= 15 is 0 Å². The summed E-state index contributed by atoms with van der Waals surface area (Å²) in [7, 11) is -10.3. The summed E-state index contributed by atoms with van der Waals surface area (Å²) >= 11 is 0. The lowest BCUT2D eigenvalue weighted by atomic mass is 9.97. The van der Waals surface area contributed by atoms with Crippen molar-refractivity contribution in [3.8, 4) is 0 Å². The van der Waals surface area contributed by atoms with Crippen molar-refractivity contribution in [2.45, 2.75) is 52.9 Å². The Morgan fingerprint density at radius 1 is 1.24 bits per heavy atom. The number of phosphoric acid groups is 2. The minimum atomic E-state index is -5.23. The molecule has 7 nitrogen and oxygen atoms in total. The maximum absolute atomic E-state index is 13.7. The van der Waals surface area contributed by atoms with Crippen LogP contribution in [0.2, 0.25) is 0 Å². The van der Waals surface area contributed by atoms with Crippen LogP contribution >= 0.6 is 15.6 Å². The molecule has 0 saturated heterocycles. The van der Waals surface area contributed by atoms with Crippen LogP contribution in [-0.4, -0.2) is 14.7 Å². The van der Waals surface area contributed by atoms with Gasteiger partial charge in [0.1, 0.15) is 6.26 Å². The lowest BCUT2D eigenvalue weighted by Gasteiger charge is -2.12. The van der Waals surface area contributed by atoms with Gasteiger partial charge in [0.25, 0.3) is 0 Å². The van der Waals surface area contributed by atoms with E-state index in [0.29, 0.717) is 18.8 Å². The van der Waals surface area contributed by atoms with Gasteiger partial charge >= 0.3 is 15.6 Å². The molecule has 0 saturated carbocycles. The summed E-state index contributed by atoms with van der Waals surface area (Å²) < 4.78 is 43.0. The Bertz CT molecular complexity index is 591. The SMILES string of the molecule is C=C(CCC[C@H](C)CCC=C(C)C)/C(F)=C\OP(=O)(O)OP(=O)(O)O. The second kappa shape index (κ2) is 11.1. The molecule has 0 amide bonds. The third-order valence-electron chi connectivity index (χ3n) is 3.22. The van der Waals surface area contributed by atoms with E-state index in [0.717, 1.165) is 19.3 Å². The van der Waals surface area contributed by atoms with Gasteiger partial charge in [-0.2, -0.15) is 4.31 Å². The predicted octanol–water partition coefficient (Wildman–Crippen LogP) is 5.13. The van der Waals surface area contributed by atoms with Crippen LogP contribution in [0.3, 0.4) is 0 Å². The topological polar surface area (TPSA) is 113 Å². The molecule has 0 radical (unpaired) electrons. The summed E-state index contributed by atoms with van der Waals surface area (Å²) in [5, 5.41) is 0. The van der Waals surface area contributed by atoms with Crippen LogP contribution in [-0.2, 0) is 18.0 Å². The van der Waals surface area contributed by atoms with Gasteiger partial charge in [-0.3, -0.25) is 4.89 Å². The molecule has 25 heavy (non-hydrogen) atoms. The van der Waals surface area contributed by atoms with Gasteiger partial charge in [-0.25, -0.2) is 13.5 Å². The second-order valence-corrected chi connectivity index (χ2v) is 8.85. The average molecular weight is 400 g/mol. The smallest absolute Gasteiger partial charge is 0.409 e. The first-order valence-electron chi connectivity index (χ1n) is 7.77. The monoisotopic (exact) mass is 400 g/mol. The summed E-state index contributed by atoms with van der Waals surface area (Å²) in [5.74, 6) is -0.512. The molecule has 0 rings (SSSR count). The summed E-state index contributed by atoms with van der Waals surface area (Å²) in [6, 6.07) is 0. The van der Waals surface area contributed by atoms with Crippen LogP contribution < -0.4 is 0 Å². The zero-order valence-electron chi connectivity index (χ0n) is 14.7. The lowest BCUT2D eigenvalue weighted by molar-refractivity contribution is 0.215. The zero-order valence-corrected chi connectivity index (χ0v) is 16.5. The van der Waals surface area contributed by atoms with Crippen molar-refractivity contribution in [2.75, 3.05) is 0 Å². The summed E-state index contributed by atoms with van der Waals surface area (Å²) in [6.07, 6.45) is 6.37. The molecule has 10 heteroatoms. The molecular weight excluding hydrogens is 373 g/mol. The van der Waals surface area contributed by atoms with E-state index in [2.05, 4.69) is 28.4 Å². The number of hydrogen-bond donors (Lipinski definition) is 3. The standard InChI is InChI=1S/C15H27FO7P2/c1-12(2)7-5-8-13(3)9-6-10-14(4)15(16)11-22-25(20,21)23-24(17,18)19/h7,11,13H,4-6,8-10H2,1-3H3,(H,20,21)(H2,17,18,19)/b15-11+/t13-/m1/s1. The highest BCUT2D eigenvalue weighted by molar-refractivity contribution is 7.60. The van der Waals surface area contributed by atoms with Crippen LogP contribution in [0.25, 0.3) is 0 Å². The molecular formula is C15H27FO7P2. The van der Waals surface area contributed by atoms with Crippen molar-refractivity contribution in [3.63, 3.8) is 0 Å². The lowest BCUT2D eigenvalue weighted by Crippen LogP contribution is -1.95. The second-order valence-electron chi connectivity index (χ2n) is 6.07. The van der Waals surface area contributed by atoms with Crippen LogP contribution in [0.4, 0.5) is 4.39 Å². The fraction of sp³-hybridized carbons (Fsp3) is 0.600. The number of rotatable bonds is 12. The largest absolute Gasteiger partial charge is 0.535 e. The Hall–Kier alpha value is -0.750. The quantitative estimate of drug-likeness (QED) is 0.180. The molecule has 0 bridgehead atoms. The van der Waals surface area contributed by atoms with E-state index in [9.17, 15) is 13.5 Å². The highest BCUT2D eigenvalue weighted by Crippen LogP contribution is 2.57. The molecule has 0 aromatic rings. The molecule has 0 heterocycles. The number of phosphoric ester groups is 1. The first-order chi connectivity index (χ1) is 11.3. The van der Waals surface area contributed by atoms with Crippen molar-refractivity contribution in [3.05, 3.63) is 35.9 Å². The van der Waals surface area contributed by atoms with Crippen LogP contribution in [0, 0.1) is 5.92 Å². The van der Waals surface area contributed by atoms with Gasteiger partial charge in [0, 0.05) is 0 Å². The van der Waals surface area contributed by atoms with E-state index < -0.39 is 21.5 Å². The van der Waals surface area contributed by atoms with E-state index in [-0.39, 0.29) is 11.8 Å². The number of hydrogen-bond acceptors (Lipinski definition) is 4. The van der Waals surface area contributed by atoms with Crippen molar-refractivity contribution >= 4 is 15.6 Å². The minimum absolute atomic E-state index is 0.0627. The first-order valence-corrected chi connectivity index (χ1v) is 10.8. The van der Waals surface area contributed by atoms with Crippen molar-refractivity contribution in [2.24, 2.45) is 5.92 Å². The van der Waals surface area contributed by atoms with E-state index in [1.165, 1.54) is 5.57 Å².